The van der Waals surface area contributed by atoms with E-state index < -0.39 is 0 Å². The van der Waals surface area contributed by atoms with Gasteiger partial charge in [0.15, 0.2) is 0 Å². The molecule has 0 radical (unpaired) electrons. The first-order valence-corrected chi connectivity index (χ1v) is 7.70. The molecular formula is C15H31N3. The minimum atomic E-state index is 0.688. The highest BCUT2D eigenvalue weighted by Gasteiger charge is 2.28. The molecule has 0 bridgehead atoms. The highest BCUT2D eigenvalue weighted by atomic mass is 15.3. The summed E-state index contributed by atoms with van der Waals surface area (Å²) in [7, 11) is 4.51. The van der Waals surface area contributed by atoms with Crippen molar-refractivity contribution in [2.45, 2.75) is 45.2 Å². The molecule has 1 N–H and O–H groups in total. The van der Waals surface area contributed by atoms with Crippen LogP contribution in [0.5, 0.6) is 0 Å². The second kappa shape index (κ2) is 6.36. The van der Waals surface area contributed by atoms with Crippen molar-refractivity contribution >= 4 is 0 Å². The lowest BCUT2D eigenvalue weighted by molar-refractivity contribution is 0.104. The van der Waals surface area contributed by atoms with Crippen LogP contribution in [-0.4, -0.2) is 62.2 Å². The van der Waals surface area contributed by atoms with E-state index in [9.17, 15) is 0 Å². The quantitative estimate of drug-likeness (QED) is 0.825. The van der Waals surface area contributed by atoms with Gasteiger partial charge in [0.05, 0.1) is 0 Å². The Morgan fingerprint density at radius 2 is 1.89 bits per heavy atom. The zero-order valence-electron chi connectivity index (χ0n) is 12.7. The summed E-state index contributed by atoms with van der Waals surface area (Å²) in [6.45, 7) is 9.63. The van der Waals surface area contributed by atoms with E-state index >= 15 is 0 Å². The van der Waals surface area contributed by atoms with Gasteiger partial charge in [-0.2, -0.15) is 0 Å². The maximum atomic E-state index is 3.85. The summed E-state index contributed by atoms with van der Waals surface area (Å²) < 4.78 is 0. The summed E-state index contributed by atoms with van der Waals surface area (Å²) >= 11 is 0. The third-order valence-electron chi connectivity index (χ3n) is 5.30. The van der Waals surface area contributed by atoms with Crippen LogP contribution in [0.2, 0.25) is 0 Å². The molecule has 18 heavy (non-hydrogen) atoms. The normalized spacial score (nSPS) is 40.0. The monoisotopic (exact) mass is 253 g/mol. The molecule has 0 amide bonds. The van der Waals surface area contributed by atoms with Crippen LogP contribution in [0.4, 0.5) is 0 Å². The Kier molecular flexibility index (Phi) is 5.05. The van der Waals surface area contributed by atoms with Gasteiger partial charge in [-0.25, -0.2) is 0 Å². The molecule has 0 spiro atoms. The smallest absolute Gasteiger partial charge is 0.0345 e. The maximum Gasteiger partial charge on any atom is 0.0345 e. The van der Waals surface area contributed by atoms with E-state index in [1.54, 1.807) is 0 Å². The fraction of sp³-hybridized carbons (Fsp3) is 1.00. The molecule has 0 aromatic heterocycles. The molecule has 2 rings (SSSR count). The molecule has 2 fully saturated rings. The number of likely N-dealkylation sites (N-methyl/N-ethyl adjacent to an activating group) is 2. The van der Waals surface area contributed by atoms with Crippen LogP contribution >= 0.6 is 0 Å². The van der Waals surface area contributed by atoms with Gasteiger partial charge in [-0.1, -0.05) is 26.7 Å². The molecule has 4 unspecified atom stereocenters. The van der Waals surface area contributed by atoms with Gasteiger partial charge in [-0.15, -0.1) is 0 Å². The fourth-order valence-electron chi connectivity index (χ4n) is 3.48. The van der Waals surface area contributed by atoms with Crippen molar-refractivity contribution in [1.82, 2.24) is 15.1 Å². The first kappa shape index (κ1) is 14.3. The molecule has 1 saturated carbocycles. The molecular weight excluding hydrogens is 222 g/mol. The SMILES string of the molecule is CC1CCCC(NCC2CN(C)CCN2C)C1C. The third-order valence-corrected chi connectivity index (χ3v) is 5.30. The highest BCUT2D eigenvalue weighted by molar-refractivity contribution is 4.86. The molecule has 1 saturated heterocycles. The van der Waals surface area contributed by atoms with Gasteiger partial charge < -0.3 is 10.2 Å². The standard InChI is InChI=1S/C15H31N3/c1-12-6-5-7-15(13(12)2)16-10-14-11-17(3)8-9-18(14)4/h12-16H,5-11H2,1-4H3. The molecule has 1 heterocycles. The number of rotatable bonds is 3. The fourth-order valence-corrected chi connectivity index (χ4v) is 3.48. The topological polar surface area (TPSA) is 18.5 Å². The lowest BCUT2D eigenvalue weighted by atomic mass is 9.78. The summed E-state index contributed by atoms with van der Waals surface area (Å²) in [5, 5.41) is 3.85. The Balaban J connectivity index is 1.79. The molecule has 1 aliphatic heterocycles. The molecule has 106 valence electrons. The zero-order valence-corrected chi connectivity index (χ0v) is 12.7. The molecule has 3 nitrogen and oxygen atoms in total. The van der Waals surface area contributed by atoms with Crippen LogP contribution in [-0.2, 0) is 0 Å². The zero-order chi connectivity index (χ0) is 13.1. The van der Waals surface area contributed by atoms with E-state index in [1.807, 2.05) is 0 Å². The Morgan fingerprint density at radius 1 is 1.11 bits per heavy atom. The van der Waals surface area contributed by atoms with Gasteiger partial charge in [-0.05, 0) is 32.4 Å². The van der Waals surface area contributed by atoms with Gasteiger partial charge in [-0.3, -0.25) is 4.90 Å². The number of nitrogens with zero attached hydrogens (tertiary/aromatic N) is 2. The highest BCUT2D eigenvalue weighted by Crippen LogP contribution is 2.29. The van der Waals surface area contributed by atoms with E-state index in [-0.39, 0.29) is 0 Å². The van der Waals surface area contributed by atoms with Crippen molar-refractivity contribution in [3.8, 4) is 0 Å². The average molecular weight is 253 g/mol. The summed E-state index contributed by atoms with van der Waals surface area (Å²) in [4.78, 5) is 4.98. The molecule has 1 aliphatic carbocycles. The number of piperazine rings is 1. The number of nitrogens with one attached hydrogen (secondary N) is 1. The van der Waals surface area contributed by atoms with Gasteiger partial charge in [0.2, 0.25) is 0 Å². The Labute approximate surface area is 113 Å². The predicted octanol–water partition coefficient (Wildman–Crippen LogP) is 1.65. The first-order valence-electron chi connectivity index (χ1n) is 7.70. The lowest BCUT2D eigenvalue weighted by Crippen LogP contribution is -2.55. The summed E-state index contributed by atoms with van der Waals surface area (Å²) in [5.74, 6) is 1.73. The molecule has 3 heteroatoms. The van der Waals surface area contributed by atoms with Gasteiger partial charge in [0, 0.05) is 38.3 Å². The summed E-state index contributed by atoms with van der Waals surface area (Å²) in [5.41, 5.74) is 0. The second-order valence-electron chi connectivity index (χ2n) is 6.68. The van der Waals surface area contributed by atoms with E-state index in [0.717, 1.165) is 24.4 Å². The Hall–Kier alpha value is -0.120. The van der Waals surface area contributed by atoms with Crippen LogP contribution in [0.15, 0.2) is 0 Å². The Morgan fingerprint density at radius 3 is 2.67 bits per heavy atom. The largest absolute Gasteiger partial charge is 0.312 e. The van der Waals surface area contributed by atoms with Gasteiger partial charge in [0.1, 0.15) is 0 Å². The van der Waals surface area contributed by atoms with Crippen LogP contribution < -0.4 is 5.32 Å². The van der Waals surface area contributed by atoms with Crippen molar-refractivity contribution in [3.05, 3.63) is 0 Å². The van der Waals surface area contributed by atoms with E-state index in [1.165, 1.54) is 38.9 Å². The van der Waals surface area contributed by atoms with Crippen molar-refractivity contribution < 1.29 is 0 Å². The van der Waals surface area contributed by atoms with E-state index in [2.05, 4.69) is 43.1 Å². The van der Waals surface area contributed by atoms with Crippen molar-refractivity contribution in [2.24, 2.45) is 11.8 Å². The minimum Gasteiger partial charge on any atom is -0.312 e. The summed E-state index contributed by atoms with van der Waals surface area (Å²) in [6.07, 6.45) is 4.20. The Bertz CT molecular complexity index is 254. The third kappa shape index (κ3) is 3.46. The molecule has 0 aromatic rings. The van der Waals surface area contributed by atoms with Crippen LogP contribution in [0.25, 0.3) is 0 Å². The first-order chi connectivity index (χ1) is 8.58. The van der Waals surface area contributed by atoms with Crippen LogP contribution in [0.1, 0.15) is 33.1 Å². The van der Waals surface area contributed by atoms with Gasteiger partial charge in [0.25, 0.3) is 0 Å². The van der Waals surface area contributed by atoms with Crippen molar-refractivity contribution in [3.63, 3.8) is 0 Å². The average Bonchev–Trinajstić information content (AvgIpc) is 2.35. The number of hydrogen-bond acceptors (Lipinski definition) is 3. The maximum absolute atomic E-state index is 3.85. The van der Waals surface area contributed by atoms with Crippen LogP contribution in [0.3, 0.4) is 0 Å². The van der Waals surface area contributed by atoms with Gasteiger partial charge >= 0.3 is 0 Å². The van der Waals surface area contributed by atoms with Crippen LogP contribution in [0, 0.1) is 11.8 Å². The minimum absolute atomic E-state index is 0.688. The lowest BCUT2D eigenvalue weighted by Gasteiger charge is -2.40. The van der Waals surface area contributed by atoms with Crippen molar-refractivity contribution in [1.29, 1.82) is 0 Å². The summed E-state index contributed by atoms with van der Waals surface area (Å²) in [6, 6.07) is 1.43. The predicted molar refractivity (Wildman–Crippen MR) is 77.9 cm³/mol. The van der Waals surface area contributed by atoms with E-state index in [4.69, 9.17) is 0 Å². The number of hydrogen-bond donors (Lipinski definition) is 1. The molecule has 4 atom stereocenters. The van der Waals surface area contributed by atoms with Crippen molar-refractivity contribution in [2.75, 3.05) is 40.3 Å². The second-order valence-corrected chi connectivity index (χ2v) is 6.68. The molecule has 0 aromatic carbocycles. The molecule has 2 aliphatic rings. The van der Waals surface area contributed by atoms with E-state index in [0.29, 0.717) is 6.04 Å².